The summed E-state index contributed by atoms with van der Waals surface area (Å²) < 4.78 is 13.6. The van der Waals surface area contributed by atoms with Gasteiger partial charge in [-0.05, 0) is 17.7 Å². The maximum absolute atomic E-state index is 7.04. The molecule has 0 amide bonds. The Morgan fingerprint density at radius 2 is 1.16 bits per heavy atom. The van der Waals surface area contributed by atoms with E-state index in [9.17, 15) is 0 Å². The Labute approximate surface area is 181 Å². The third-order valence-electron chi connectivity index (χ3n) is 6.26. The minimum Gasteiger partial charge on any atom is -0.484 e. The van der Waals surface area contributed by atoms with E-state index in [2.05, 4.69) is 104 Å². The summed E-state index contributed by atoms with van der Waals surface area (Å²) in [5.41, 5.74) is 2.67. The molecule has 1 atom stereocenters. The molecule has 6 rings (SSSR count). The fraction of sp³-hybridized carbons (Fsp3) is 0.103. The molecule has 1 aliphatic rings. The van der Waals surface area contributed by atoms with Crippen molar-refractivity contribution < 1.29 is 9.47 Å². The van der Waals surface area contributed by atoms with Gasteiger partial charge in [-0.25, -0.2) is 0 Å². The predicted octanol–water partition coefficient (Wildman–Crippen LogP) is 7.02. The van der Waals surface area contributed by atoms with Crippen LogP contribution in [0.25, 0.3) is 21.5 Å². The summed E-state index contributed by atoms with van der Waals surface area (Å²) in [7, 11) is 0. The van der Waals surface area contributed by atoms with Crippen LogP contribution in [0.2, 0.25) is 0 Å². The van der Waals surface area contributed by atoms with E-state index < -0.39 is 5.60 Å². The molecule has 1 aliphatic heterocycles. The fourth-order valence-electron chi connectivity index (χ4n) is 4.75. The Hall–Kier alpha value is -3.78. The quantitative estimate of drug-likeness (QED) is 0.296. The van der Waals surface area contributed by atoms with Crippen LogP contribution in [0, 0.1) is 6.92 Å². The van der Waals surface area contributed by atoms with Gasteiger partial charge in [0.25, 0.3) is 0 Å². The van der Waals surface area contributed by atoms with Gasteiger partial charge >= 0.3 is 0 Å². The van der Waals surface area contributed by atoms with Gasteiger partial charge in [0.05, 0.1) is 0 Å². The molecule has 0 fully saturated rings. The minimum absolute atomic E-state index is 0.413. The summed E-state index contributed by atoms with van der Waals surface area (Å²) in [5, 5.41) is 4.52. The third-order valence-corrected chi connectivity index (χ3v) is 6.26. The number of rotatable bonds is 2. The van der Waals surface area contributed by atoms with Crippen LogP contribution in [0.5, 0.6) is 11.5 Å². The number of hydrogen-bond donors (Lipinski definition) is 0. The van der Waals surface area contributed by atoms with Gasteiger partial charge in [0.15, 0.2) is 17.1 Å². The molecule has 150 valence electrons. The first-order chi connectivity index (χ1) is 15.3. The number of fused-ring (bicyclic) bond motifs is 6. The van der Waals surface area contributed by atoms with Crippen molar-refractivity contribution in [3.05, 3.63) is 120 Å². The van der Waals surface area contributed by atoms with Gasteiger partial charge in [-0.1, -0.05) is 109 Å². The van der Waals surface area contributed by atoms with Gasteiger partial charge in [0.1, 0.15) is 6.61 Å². The second kappa shape index (κ2) is 6.88. The highest BCUT2D eigenvalue weighted by molar-refractivity contribution is 6.13. The number of benzene rings is 5. The van der Waals surface area contributed by atoms with Crippen molar-refractivity contribution in [1.82, 2.24) is 0 Å². The molecule has 5 aromatic rings. The van der Waals surface area contributed by atoms with E-state index in [1.54, 1.807) is 0 Å². The van der Waals surface area contributed by atoms with Crippen molar-refractivity contribution in [2.75, 3.05) is 6.61 Å². The topological polar surface area (TPSA) is 18.5 Å². The molecule has 0 bridgehead atoms. The van der Waals surface area contributed by atoms with E-state index in [0.29, 0.717) is 6.61 Å². The van der Waals surface area contributed by atoms with Crippen molar-refractivity contribution >= 4 is 21.5 Å². The summed E-state index contributed by atoms with van der Waals surface area (Å²) in [6.07, 6.45) is 0. The van der Waals surface area contributed by atoms with Gasteiger partial charge in [0.2, 0.25) is 0 Å². The average Bonchev–Trinajstić information content (AvgIpc) is 2.84. The van der Waals surface area contributed by atoms with Crippen LogP contribution in [0.4, 0.5) is 0 Å². The molecule has 5 aromatic carbocycles. The summed E-state index contributed by atoms with van der Waals surface area (Å²) >= 11 is 0. The summed E-state index contributed by atoms with van der Waals surface area (Å²) in [4.78, 5) is 0. The highest BCUT2D eigenvalue weighted by Gasteiger charge is 2.43. The molecule has 2 heteroatoms. The van der Waals surface area contributed by atoms with E-state index in [4.69, 9.17) is 9.47 Å². The maximum Gasteiger partial charge on any atom is 0.193 e. The first kappa shape index (κ1) is 18.0. The second-order valence-electron chi connectivity index (χ2n) is 8.20. The van der Waals surface area contributed by atoms with Crippen LogP contribution in [0.3, 0.4) is 0 Å². The van der Waals surface area contributed by atoms with E-state index in [-0.39, 0.29) is 0 Å². The van der Waals surface area contributed by atoms with E-state index in [1.165, 1.54) is 16.3 Å². The van der Waals surface area contributed by atoms with Gasteiger partial charge in [-0.15, -0.1) is 0 Å². The van der Waals surface area contributed by atoms with Gasteiger partial charge in [-0.2, -0.15) is 0 Å². The molecule has 0 saturated carbocycles. The highest BCUT2D eigenvalue weighted by atomic mass is 16.6. The van der Waals surface area contributed by atoms with Gasteiger partial charge in [0, 0.05) is 21.9 Å². The molecule has 0 saturated heterocycles. The van der Waals surface area contributed by atoms with Crippen molar-refractivity contribution in [2.24, 2.45) is 0 Å². The Morgan fingerprint density at radius 3 is 1.84 bits per heavy atom. The Morgan fingerprint density at radius 1 is 0.581 bits per heavy atom. The molecule has 2 nitrogen and oxygen atoms in total. The van der Waals surface area contributed by atoms with Crippen LogP contribution in [0.15, 0.2) is 103 Å². The molecule has 0 radical (unpaired) electrons. The van der Waals surface area contributed by atoms with Crippen molar-refractivity contribution in [1.29, 1.82) is 0 Å². The normalized spacial score (nSPS) is 17.7. The molecule has 31 heavy (non-hydrogen) atoms. The van der Waals surface area contributed by atoms with Crippen LogP contribution in [-0.4, -0.2) is 6.61 Å². The standard InChI is InChI=1S/C29H22O2/c1-20-10-9-13-22(18-20)29(21-11-3-2-4-12-21)19-30-27-25-16-7-5-14-23(25)24-15-6-8-17-26(24)28(27)31-29/h2-18H,19H2,1H3. The summed E-state index contributed by atoms with van der Waals surface area (Å²) in [6, 6.07) is 35.8. The molecule has 1 unspecified atom stereocenters. The van der Waals surface area contributed by atoms with Crippen LogP contribution in [0.1, 0.15) is 16.7 Å². The zero-order valence-corrected chi connectivity index (χ0v) is 17.3. The lowest BCUT2D eigenvalue weighted by Gasteiger charge is -2.40. The minimum atomic E-state index is -0.717. The van der Waals surface area contributed by atoms with Crippen LogP contribution < -0.4 is 9.47 Å². The number of ether oxygens (including phenoxy) is 2. The zero-order chi connectivity index (χ0) is 20.8. The van der Waals surface area contributed by atoms with E-state index in [0.717, 1.165) is 33.4 Å². The van der Waals surface area contributed by atoms with Crippen LogP contribution in [-0.2, 0) is 5.60 Å². The molecule has 0 N–H and O–H groups in total. The lowest BCUT2D eigenvalue weighted by Crippen LogP contribution is -2.43. The largest absolute Gasteiger partial charge is 0.484 e. The molecule has 1 heterocycles. The fourth-order valence-corrected chi connectivity index (χ4v) is 4.75. The van der Waals surface area contributed by atoms with Crippen LogP contribution >= 0.6 is 0 Å². The molecule has 0 spiro atoms. The van der Waals surface area contributed by atoms with Gasteiger partial charge < -0.3 is 9.47 Å². The smallest absolute Gasteiger partial charge is 0.193 e. The molecular formula is C29H22O2. The SMILES string of the molecule is Cc1cccc(C2(c3ccccc3)COc3c(c4ccccc4c4ccccc34)O2)c1. The predicted molar refractivity (Wildman–Crippen MR) is 126 cm³/mol. The highest BCUT2D eigenvalue weighted by Crippen LogP contribution is 2.50. The van der Waals surface area contributed by atoms with E-state index >= 15 is 0 Å². The Bertz CT molecular complexity index is 1420. The first-order valence-corrected chi connectivity index (χ1v) is 10.6. The lowest BCUT2D eigenvalue weighted by molar-refractivity contribution is 0.0235. The molecule has 0 aromatic heterocycles. The lowest BCUT2D eigenvalue weighted by atomic mass is 9.85. The Kier molecular flexibility index (Phi) is 4.00. The van der Waals surface area contributed by atoms with Crippen molar-refractivity contribution in [3.63, 3.8) is 0 Å². The summed E-state index contributed by atoms with van der Waals surface area (Å²) in [5.74, 6) is 1.64. The third kappa shape index (κ3) is 2.72. The summed E-state index contributed by atoms with van der Waals surface area (Å²) in [6.45, 7) is 2.53. The Balaban J connectivity index is 1.67. The van der Waals surface area contributed by atoms with Gasteiger partial charge in [-0.3, -0.25) is 0 Å². The second-order valence-corrected chi connectivity index (χ2v) is 8.20. The van der Waals surface area contributed by atoms with Crippen molar-refractivity contribution in [3.8, 4) is 11.5 Å². The maximum atomic E-state index is 7.04. The average molecular weight is 402 g/mol. The first-order valence-electron chi connectivity index (χ1n) is 10.6. The number of aryl methyl sites for hydroxylation is 1. The van der Waals surface area contributed by atoms with E-state index in [1.807, 2.05) is 6.07 Å². The van der Waals surface area contributed by atoms with Crippen molar-refractivity contribution in [2.45, 2.75) is 12.5 Å². The zero-order valence-electron chi connectivity index (χ0n) is 17.3. The molecule has 0 aliphatic carbocycles. The number of hydrogen-bond acceptors (Lipinski definition) is 2. The molecular weight excluding hydrogens is 380 g/mol. The monoisotopic (exact) mass is 402 g/mol.